The minimum absolute atomic E-state index is 0.863. The first-order chi connectivity index (χ1) is 12.2. The molecular weight excluding hydrogens is 332 g/mol. The van der Waals surface area contributed by atoms with Gasteiger partial charge in [-0.05, 0) is 38.1 Å². The van der Waals surface area contributed by atoms with E-state index in [2.05, 4.69) is 58.5 Å². The van der Waals surface area contributed by atoms with Gasteiger partial charge in [0.2, 0.25) is 10.1 Å². The van der Waals surface area contributed by atoms with Crippen LogP contribution in [0.3, 0.4) is 0 Å². The molecule has 0 saturated carbocycles. The van der Waals surface area contributed by atoms with Crippen LogP contribution in [0.25, 0.3) is 16.2 Å². The summed E-state index contributed by atoms with van der Waals surface area (Å²) in [6.45, 7) is 3.22. The number of rotatable bonds is 5. The van der Waals surface area contributed by atoms with Crippen molar-refractivity contribution in [2.75, 3.05) is 44.1 Å². The number of piperidine rings is 1. The lowest BCUT2D eigenvalue weighted by molar-refractivity contribution is 0.243. The zero-order valence-electron chi connectivity index (χ0n) is 14.8. The van der Waals surface area contributed by atoms with E-state index in [1.165, 1.54) is 38.0 Å². The molecule has 0 amide bonds. The molecule has 3 aromatic rings. The van der Waals surface area contributed by atoms with Crippen LogP contribution in [-0.4, -0.2) is 53.4 Å². The van der Waals surface area contributed by atoms with E-state index in [0.717, 1.165) is 28.0 Å². The van der Waals surface area contributed by atoms with Gasteiger partial charge in [0.05, 0.1) is 18.6 Å². The highest BCUT2D eigenvalue weighted by Crippen LogP contribution is 2.28. The van der Waals surface area contributed by atoms with Crippen LogP contribution in [0.4, 0.5) is 10.8 Å². The maximum absolute atomic E-state index is 4.73. The summed E-state index contributed by atoms with van der Waals surface area (Å²) in [5, 5.41) is 9.12. The van der Waals surface area contributed by atoms with Crippen molar-refractivity contribution in [1.82, 2.24) is 19.5 Å². The van der Waals surface area contributed by atoms with Gasteiger partial charge in [-0.3, -0.25) is 4.90 Å². The third-order valence-electron chi connectivity index (χ3n) is 4.65. The predicted molar refractivity (Wildman–Crippen MR) is 105 cm³/mol. The summed E-state index contributed by atoms with van der Waals surface area (Å²) < 4.78 is 1.94. The molecule has 6 nitrogen and oxygen atoms in total. The molecule has 0 unspecified atom stereocenters. The fraction of sp³-hybridized carbons (Fsp3) is 0.444. The van der Waals surface area contributed by atoms with Gasteiger partial charge in [-0.1, -0.05) is 29.9 Å². The van der Waals surface area contributed by atoms with Crippen LogP contribution in [0.2, 0.25) is 0 Å². The Labute approximate surface area is 152 Å². The van der Waals surface area contributed by atoms with Crippen LogP contribution in [0.1, 0.15) is 19.3 Å². The molecule has 1 N–H and O–H groups in total. The van der Waals surface area contributed by atoms with Crippen molar-refractivity contribution in [3.63, 3.8) is 0 Å². The molecule has 1 fully saturated rings. The number of hydrogen-bond donors (Lipinski definition) is 1. The Bertz CT molecular complexity index is 846. The van der Waals surface area contributed by atoms with Crippen molar-refractivity contribution in [3.8, 4) is 11.3 Å². The van der Waals surface area contributed by atoms with E-state index in [1.54, 1.807) is 11.3 Å². The number of nitrogens with zero attached hydrogens (tertiary/aromatic N) is 5. The first-order valence-corrected chi connectivity index (χ1v) is 9.61. The normalized spacial score (nSPS) is 15.6. The highest BCUT2D eigenvalue weighted by Gasteiger charge is 2.14. The molecule has 25 heavy (non-hydrogen) atoms. The Morgan fingerprint density at radius 1 is 1.20 bits per heavy atom. The van der Waals surface area contributed by atoms with Crippen molar-refractivity contribution in [2.24, 2.45) is 0 Å². The van der Waals surface area contributed by atoms with Crippen LogP contribution in [0.15, 0.2) is 30.5 Å². The van der Waals surface area contributed by atoms with Crippen molar-refractivity contribution in [2.45, 2.75) is 19.3 Å². The van der Waals surface area contributed by atoms with Crippen molar-refractivity contribution >= 4 is 27.1 Å². The van der Waals surface area contributed by atoms with E-state index < -0.39 is 0 Å². The number of fused-ring (bicyclic) bond motifs is 1. The number of likely N-dealkylation sites (tertiary alicyclic amines) is 1. The van der Waals surface area contributed by atoms with Gasteiger partial charge in [-0.15, -0.1) is 5.10 Å². The molecule has 1 aromatic carbocycles. The lowest BCUT2D eigenvalue weighted by atomic mass is 10.1. The summed E-state index contributed by atoms with van der Waals surface area (Å²) in [6, 6.07) is 8.46. The Morgan fingerprint density at radius 2 is 2.04 bits per heavy atom. The quantitative estimate of drug-likeness (QED) is 0.759. The van der Waals surface area contributed by atoms with E-state index in [9.17, 15) is 0 Å². The number of imidazole rings is 1. The summed E-state index contributed by atoms with van der Waals surface area (Å²) in [6.07, 6.45) is 5.86. The summed E-state index contributed by atoms with van der Waals surface area (Å²) in [5.74, 6) is 0. The summed E-state index contributed by atoms with van der Waals surface area (Å²) >= 11 is 1.60. The van der Waals surface area contributed by atoms with Gasteiger partial charge in [0.25, 0.3) is 0 Å². The lowest BCUT2D eigenvalue weighted by Crippen LogP contribution is -2.34. The van der Waals surface area contributed by atoms with Crippen molar-refractivity contribution < 1.29 is 0 Å². The van der Waals surface area contributed by atoms with Crippen molar-refractivity contribution in [1.29, 1.82) is 0 Å². The third kappa shape index (κ3) is 3.48. The molecule has 0 radical (unpaired) electrons. The molecular formula is C18H24N6S. The molecule has 1 aliphatic heterocycles. The molecule has 0 spiro atoms. The standard InChI is InChI=1S/C18H24N6S/c1-22(2)15-8-6-7-14(11-15)16-12-19-18-24(16)21-17(25-18)20-13-23-9-4-3-5-10-23/h6-8,11-12H,3-5,9-10,13H2,1-2H3,(H,20,21). The lowest BCUT2D eigenvalue weighted by Gasteiger charge is -2.26. The maximum Gasteiger partial charge on any atom is 0.214 e. The monoisotopic (exact) mass is 356 g/mol. The van der Waals surface area contributed by atoms with E-state index in [4.69, 9.17) is 5.10 Å². The van der Waals surface area contributed by atoms with Gasteiger partial charge in [0.15, 0.2) is 0 Å². The smallest absolute Gasteiger partial charge is 0.214 e. The largest absolute Gasteiger partial charge is 0.378 e. The predicted octanol–water partition coefficient (Wildman–Crippen LogP) is 3.38. The van der Waals surface area contributed by atoms with E-state index in [1.807, 2.05) is 10.7 Å². The molecule has 7 heteroatoms. The van der Waals surface area contributed by atoms with Crippen molar-refractivity contribution in [3.05, 3.63) is 30.5 Å². The minimum Gasteiger partial charge on any atom is -0.378 e. The molecule has 3 heterocycles. The highest BCUT2D eigenvalue weighted by molar-refractivity contribution is 7.20. The Balaban J connectivity index is 1.55. The first-order valence-electron chi connectivity index (χ1n) is 8.79. The average molecular weight is 356 g/mol. The number of nitrogens with one attached hydrogen (secondary N) is 1. The second-order valence-electron chi connectivity index (χ2n) is 6.70. The minimum atomic E-state index is 0.863. The highest BCUT2D eigenvalue weighted by atomic mass is 32.1. The zero-order chi connectivity index (χ0) is 17.2. The van der Waals surface area contributed by atoms with Gasteiger partial charge in [-0.25, -0.2) is 9.50 Å². The second-order valence-corrected chi connectivity index (χ2v) is 7.66. The van der Waals surface area contributed by atoms with Crippen LogP contribution < -0.4 is 10.2 Å². The number of aromatic nitrogens is 3. The van der Waals surface area contributed by atoms with Gasteiger partial charge in [-0.2, -0.15) is 0 Å². The Morgan fingerprint density at radius 3 is 2.84 bits per heavy atom. The summed E-state index contributed by atoms with van der Waals surface area (Å²) in [7, 11) is 4.10. The zero-order valence-corrected chi connectivity index (χ0v) is 15.6. The van der Waals surface area contributed by atoms with Gasteiger partial charge in [0, 0.05) is 25.3 Å². The fourth-order valence-electron chi connectivity index (χ4n) is 3.20. The Kier molecular flexibility index (Phi) is 4.59. The molecule has 132 valence electrons. The molecule has 0 bridgehead atoms. The molecule has 2 aromatic heterocycles. The maximum atomic E-state index is 4.73. The van der Waals surface area contributed by atoms with Crippen LogP contribution >= 0.6 is 11.3 Å². The average Bonchev–Trinajstić information content (AvgIpc) is 3.21. The molecule has 1 saturated heterocycles. The molecule has 1 aliphatic rings. The topological polar surface area (TPSA) is 48.7 Å². The van der Waals surface area contributed by atoms with Crippen LogP contribution in [0.5, 0.6) is 0 Å². The number of benzene rings is 1. The van der Waals surface area contributed by atoms with E-state index in [-0.39, 0.29) is 0 Å². The molecule has 0 aliphatic carbocycles. The third-order valence-corrected chi connectivity index (χ3v) is 5.53. The molecule has 0 atom stereocenters. The van der Waals surface area contributed by atoms with Crippen LogP contribution in [-0.2, 0) is 0 Å². The Hall–Kier alpha value is -2.12. The van der Waals surface area contributed by atoms with Gasteiger partial charge >= 0.3 is 0 Å². The van der Waals surface area contributed by atoms with Gasteiger partial charge < -0.3 is 10.2 Å². The number of anilines is 2. The van der Waals surface area contributed by atoms with Crippen LogP contribution in [0, 0.1) is 0 Å². The molecule has 4 rings (SSSR count). The van der Waals surface area contributed by atoms with E-state index in [0.29, 0.717) is 0 Å². The second kappa shape index (κ2) is 7.01. The fourth-order valence-corrected chi connectivity index (χ4v) is 3.96. The first kappa shape index (κ1) is 16.4. The number of hydrogen-bond acceptors (Lipinski definition) is 6. The summed E-state index contributed by atoms with van der Waals surface area (Å²) in [4.78, 5) is 10.0. The summed E-state index contributed by atoms with van der Waals surface area (Å²) in [5.41, 5.74) is 3.33. The SMILES string of the molecule is CN(C)c1cccc(-c2cnc3sc(NCN4CCCCC4)nn23)c1. The van der Waals surface area contributed by atoms with E-state index >= 15 is 0 Å². The van der Waals surface area contributed by atoms with Gasteiger partial charge in [0.1, 0.15) is 0 Å².